The van der Waals surface area contributed by atoms with Gasteiger partial charge in [-0.25, -0.2) is 0 Å². The molecule has 1 saturated heterocycles. The molecule has 40 heavy (non-hydrogen) atoms. The molecule has 1 aromatic heterocycles. The van der Waals surface area contributed by atoms with E-state index < -0.39 is 0 Å². The minimum absolute atomic E-state index is 0.00177. The molecule has 2 aromatic rings. The summed E-state index contributed by atoms with van der Waals surface area (Å²) >= 11 is 0. The maximum Gasteiger partial charge on any atom is 0.269 e. The molecule has 1 fully saturated rings. The first-order valence-electron chi connectivity index (χ1n) is 13.8. The summed E-state index contributed by atoms with van der Waals surface area (Å²) in [5, 5.41) is 25.7. The standard InChI is InChI=1S/C30H35N7O3/c1-19(38)36-11-7-26(35-23-8-12-40-13-9-23)25(18-36)29(32)37-10-3-4-20-14-24(22(16-31)15-28(20)37)21-5-6-27(34-17-21)30(39)33-2/h5-6,14-15,17,23,32,35H,3-4,7-13,18H2,1-2H3,(H,33,39). The van der Waals surface area contributed by atoms with Gasteiger partial charge in [-0.15, -0.1) is 0 Å². The molecule has 10 heteroatoms. The zero-order valence-electron chi connectivity index (χ0n) is 23.0. The summed E-state index contributed by atoms with van der Waals surface area (Å²) in [6.07, 6.45) is 5.82. The number of carbonyl (C=O) groups excluding carboxylic acids is 2. The van der Waals surface area contributed by atoms with Crippen LogP contribution in [0.25, 0.3) is 11.1 Å². The Morgan fingerprint density at radius 1 is 1.18 bits per heavy atom. The van der Waals surface area contributed by atoms with E-state index in [4.69, 9.17) is 4.74 Å². The second kappa shape index (κ2) is 11.9. The van der Waals surface area contributed by atoms with Crippen LogP contribution < -0.4 is 15.5 Å². The van der Waals surface area contributed by atoms with Crippen molar-refractivity contribution in [3.63, 3.8) is 0 Å². The Bertz CT molecular complexity index is 1390. The largest absolute Gasteiger partial charge is 0.385 e. The number of aryl methyl sites for hydroxylation is 1. The average Bonchev–Trinajstić information content (AvgIpc) is 3.00. The molecule has 0 aliphatic carbocycles. The Morgan fingerprint density at radius 2 is 1.98 bits per heavy atom. The maximum absolute atomic E-state index is 12.3. The van der Waals surface area contributed by atoms with Crippen LogP contribution in [0.2, 0.25) is 0 Å². The number of fused-ring (bicyclic) bond motifs is 1. The minimum atomic E-state index is -0.266. The molecular weight excluding hydrogens is 506 g/mol. The van der Waals surface area contributed by atoms with Crippen molar-refractivity contribution in [1.82, 2.24) is 20.5 Å². The molecule has 3 aliphatic rings. The van der Waals surface area contributed by atoms with Gasteiger partial charge >= 0.3 is 0 Å². The van der Waals surface area contributed by atoms with Crippen molar-refractivity contribution >= 4 is 23.3 Å². The van der Waals surface area contributed by atoms with Gasteiger partial charge in [0.15, 0.2) is 0 Å². The molecular formula is C30H35N7O3. The number of ether oxygens (including phenoxy) is 1. The Kier molecular flexibility index (Phi) is 8.12. The molecule has 208 valence electrons. The lowest BCUT2D eigenvalue weighted by molar-refractivity contribution is -0.128. The van der Waals surface area contributed by atoms with E-state index in [1.54, 1.807) is 37.2 Å². The average molecular weight is 542 g/mol. The smallest absolute Gasteiger partial charge is 0.269 e. The molecule has 0 atom stereocenters. The van der Waals surface area contributed by atoms with E-state index in [0.29, 0.717) is 49.2 Å². The zero-order valence-corrected chi connectivity index (χ0v) is 23.0. The number of pyridine rings is 1. The SMILES string of the molecule is CNC(=O)c1ccc(-c2cc3c(cc2C#N)N(C(=N)C2=C(NC4CCOCC4)CCN(C(C)=O)C2)CCC3)cn1. The van der Waals surface area contributed by atoms with Gasteiger partial charge in [0.1, 0.15) is 11.5 Å². The molecule has 3 aliphatic heterocycles. The molecule has 3 N–H and O–H groups in total. The summed E-state index contributed by atoms with van der Waals surface area (Å²) in [5.74, 6) is 0.106. The molecule has 5 rings (SSSR count). The van der Waals surface area contributed by atoms with Gasteiger partial charge < -0.3 is 25.2 Å². The number of amidine groups is 1. The predicted octanol–water partition coefficient (Wildman–Crippen LogP) is 2.98. The molecule has 0 bridgehead atoms. The van der Waals surface area contributed by atoms with Gasteiger partial charge in [0, 0.05) is 87.0 Å². The van der Waals surface area contributed by atoms with E-state index >= 15 is 0 Å². The van der Waals surface area contributed by atoms with Crippen molar-refractivity contribution in [2.75, 3.05) is 44.8 Å². The highest BCUT2D eigenvalue weighted by Gasteiger charge is 2.31. The van der Waals surface area contributed by atoms with Crippen molar-refractivity contribution < 1.29 is 14.3 Å². The number of anilines is 1. The van der Waals surface area contributed by atoms with E-state index in [2.05, 4.69) is 21.7 Å². The first-order chi connectivity index (χ1) is 19.4. The zero-order chi connectivity index (χ0) is 28.2. The van der Waals surface area contributed by atoms with Gasteiger partial charge in [0.05, 0.1) is 18.2 Å². The lowest BCUT2D eigenvalue weighted by Crippen LogP contribution is -2.46. The quantitative estimate of drug-likeness (QED) is 0.391. The van der Waals surface area contributed by atoms with Crippen LogP contribution in [0.3, 0.4) is 0 Å². The predicted molar refractivity (Wildman–Crippen MR) is 152 cm³/mol. The fraction of sp³-hybridized carbons (Fsp3) is 0.433. The Hall–Kier alpha value is -4.23. The third-order valence-corrected chi connectivity index (χ3v) is 7.94. The van der Waals surface area contributed by atoms with Gasteiger partial charge in [0.2, 0.25) is 5.91 Å². The molecule has 10 nitrogen and oxygen atoms in total. The number of nitrogens with zero attached hydrogens (tertiary/aromatic N) is 4. The number of aromatic nitrogens is 1. The van der Waals surface area contributed by atoms with Gasteiger partial charge in [-0.05, 0) is 49.4 Å². The summed E-state index contributed by atoms with van der Waals surface area (Å²) in [7, 11) is 1.56. The van der Waals surface area contributed by atoms with Crippen LogP contribution in [0.4, 0.5) is 5.69 Å². The van der Waals surface area contributed by atoms with E-state index in [1.165, 1.54) is 0 Å². The van der Waals surface area contributed by atoms with Gasteiger partial charge in [-0.2, -0.15) is 5.26 Å². The van der Waals surface area contributed by atoms with Crippen molar-refractivity contribution in [3.8, 4) is 17.2 Å². The number of hydrogen-bond acceptors (Lipinski definition) is 7. The van der Waals surface area contributed by atoms with Crippen LogP contribution in [0, 0.1) is 16.7 Å². The third kappa shape index (κ3) is 5.56. The summed E-state index contributed by atoms with van der Waals surface area (Å²) in [4.78, 5) is 32.3. The normalized spacial score (nSPS) is 17.6. The summed E-state index contributed by atoms with van der Waals surface area (Å²) < 4.78 is 5.52. The van der Waals surface area contributed by atoms with E-state index in [9.17, 15) is 20.3 Å². The second-order valence-electron chi connectivity index (χ2n) is 10.4. The van der Waals surface area contributed by atoms with E-state index in [1.807, 2.05) is 17.0 Å². The molecule has 0 spiro atoms. The molecule has 4 heterocycles. The monoisotopic (exact) mass is 541 g/mol. The van der Waals surface area contributed by atoms with E-state index in [-0.39, 0.29) is 11.8 Å². The first-order valence-corrected chi connectivity index (χ1v) is 13.8. The highest BCUT2D eigenvalue weighted by atomic mass is 16.5. The molecule has 1 aromatic carbocycles. The van der Waals surface area contributed by atoms with Crippen molar-refractivity contribution in [2.45, 2.75) is 45.1 Å². The number of carbonyl (C=O) groups is 2. The second-order valence-corrected chi connectivity index (χ2v) is 10.4. The van der Waals surface area contributed by atoms with Crippen LogP contribution in [0.5, 0.6) is 0 Å². The van der Waals surface area contributed by atoms with Crippen LogP contribution in [-0.4, -0.2) is 73.5 Å². The first kappa shape index (κ1) is 27.3. The molecule has 0 radical (unpaired) electrons. The number of amides is 2. The molecule has 2 amide bonds. The lowest BCUT2D eigenvalue weighted by Gasteiger charge is -2.38. The van der Waals surface area contributed by atoms with Gasteiger partial charge in [-0.1, -0.05) is 6.07 Å². The fourth-order valence-electron chi connectivity index (χ4n) is 5.67. The van der Waals surface area contributed by atoms with Gasteiger partial charge in [0.25, 0.3) is 5.91 Å². The number of hydrogen-bond donors (Lipinski definition) is 3. The molecule has 0 saturated carbocycles. The highest BCUT2D eigenvalue weighted by molar-refractivity contribution is 6.09. The van der Waals surface area contributed by atoms with Crippen molar-refractivity contribution in [3.05, 3.63) is 58.6 Å². The van der Waals surface area contributed by atoms with Crippen LogP contribution in [0.15, 0.2) is 41.7 Å². The third-order valence-electron chi connectivity index (χ3n) is 7.94. The summed E-state index contributed by atoms with van der Waals surface area (Å²) in [6, 6.07) is 9.95. The highest BCUT2D eigenvalue weighted by Crippen LogP contribution is 2.36. The minimum Gasteiger partial charge on any atom is -0.385 e. The number of nitriles is 1. The topological polar surface area (TPSA) is 134 Å². The van der Waals surface area contributed by atoms with Gasteiger partial charge in [-0.3, -0.25) is 20.0 Å². The Labute approximate surface area is 234 Å². The van der Waals surface area contributed by atoms with Crippen molar-refractivity contribution in [1.29, 1.82) is 10.7 Å². The van der Waals surface area contributed by atoms with Crippen LogP contribution in [-0.2, 0) is 16.0 Å². The van der Waals surface area contributed by atoms with Crippen molar-refractivity contribution in [2.24, 2.45) is 0 Å². The summed E-state index contributed by atoms with van der Waals surface area (Å²) in [6.45, 7) is 4.69. The van der Waals surface area contributed by atoms with E-state index in [0.717, 1.165) is 72.5 Å². The number of benzene rings is 1. The summed E-state index contributed by atoms with van der Waals surface area (Å²) in [5.41, 5.74) is 6.08. The fourth-order valence-corrected chi connectivity index (χ4v) is 5.67. The maximum atomic E-state index is 12.3. The number of nitrogens with one attached hydrogen (secondary N) is 3. The Balaban J connectivity index is 1.48. The van der Waals surface area contributed by atoms with Crippen LogP contribution >= 0.6 is 0 Å². The lowest BCUT2D eigenvalue weighted by atomic mass is 9.92. The molecule has 0 unspecified atom stereocenters. The van der Waals surface area contributed by atoms with Crippen LogP contribution in [0.1, 0.15) is 54.2 Å². The Morgan fingerprint density at radius 3 is 2.65 bits per heavy atom. The number of rotatable bonds is 5.